The van der Waals surface area contributed by atoms with E-state index >= 15 is 0 Å². The van der Waals surface area contributed by atoms with Crippen molar-refractivity contribution in [2.45, 2.75) is 38.9 Å². The van der Waals surface area contributed by atoms with Crippen molar-refractivity contribution in [3.05, 3.63) is 71.8 Å². The molecule has 2 aromatic carbocycles. The minimum Gasteiger partial charge on any atom is -0.390 e. The number of benzene rings is 2. The SMILES string of the molecule is COCCOCO[C@@H](C(C)Cc1ccccc1)[C@@H](O)[C@H](C)Cc1ccccc1. The number of hydrogen-bond acceptors (Lipinski definition) is 4. The van der Waals surface area contributed by atoms with Crippen LogP contribution in [0.1, 0.15) is 25.0 Å². The molecule has 4 atom stereocenters. The minimum atomic E-state index is -0.579. The zero-order valence-electron chi connectivity index (χ0n) is 17.3. The molecule has 0 aliphatic rings. The molecule has 4 nitrogen and oxygen atoms in total. The number of hydrogen-bond donors (Lipinski definition) is 1. The molecule has 4 heteroatoms. The van der Waals surface area contributed by atoms with E-state index in [1.54, 1.807) is 7.11 Å². The summed E-state index contributed by atoms with van der Waals surface area (Å²) in [5, 5.41) is 11.1. The van der Waals surface area contributed by atoms with Gasteiger partial charge in [-0.2, -0.15) is 0 Å². The van der Waals surface area contributed by atoms with Crippen molar-refractivity contribution in [3.8, 4) is 0 Å². The van der Waals surface area contributed by atoms with E-state index in [9.17, 15) is 5.11 Å². The maximum Gasteiger partial charge on any atom is 0.147 e. The molecule has 0 fully saturated rings. The molecule has 28 heavy (non-hydrogen) atoms. The second kappa shape index (κ2) is 12.7. The number of rotatable bonds is 13. The van der Waals surface area contributed by atoms with Crippen LogP contribution < -0.4 is 0 Å². The Kier molecular flexibility index (Phi) is 10.2. The molecule has 0 spiro atoms. The molecular weight excluding hydrogens is 352 g/mol. The van der Waals surface area contributed by atoms with Gasteiger partial charge in [0.15, 0.2) is 0 Å². The predicted molar refractivity (Wildman–Crippen MR) is 112 cm³/mol. The molecule has 0 radical (unpaired) electrons. The van der Waals surface area contributed by atoms with Gasteiger partial charge in [0, 0.05) is 7.11 Å². The van der Waals surface area contributed by atoms with Crippen LogP contribution in [0.4, 0.5) is 0 Å². The molecule has 1 unspecified atom stereocenters. The van der Waals surface area contributed by atoms with Gasteiger partial charge in [-0.05, 0) is 35.8 Å². The largest absolute Gasteiger partial charge is 0.390 e. The third-order valence-electron chi connectivity index (χ3n) is 5.06. The molecule has 0 bridgehead atoms. The van der Waals surface area contributed by atoms with Crippen molar-refractivity contribution in [2.24, 2.45) is 11.8 Å². The quantitative estimate of drug-likeness (QED) is 0.416. The van der Waals surface area contributed by atoms with Crippen molar-refractivity contribution >= 4 is 0 Å². The second-order valence-electron chi connectivity index (χ2n) is 7.47. The molecule has 2 aromatic rings. The van der Waals surface area contributed by atoms with E-state index in [0.29, 0.717) is 13.2 Å². The summed E-state index contributed by atoms with van der Waals surface area (Å²) < 4.78 is 16.5. The fraction of sp³-hybridized carbons (Fsp3) is 0.500. The van der Waals surface area contributed by atoms with Crippen LogP contribution in [0.3, 0.4) is 0 Å². The Morgan fingerprint density at radius 3 is 1.86 bits per heavy atom. The fourth-order valence-corrected chi connectivity index (χ4v) is 3.46. The predicted octanol–water partition coefficient (Wildman–Crippen LogP) is 4.11. The monoisotopic (exact) mass is 386 g/mol. The van der Waals surface area contributed by atoms with Crippen LogP contribution in [-0.4, -0.2) is 44.4 Å². The summed E-state index contributed by atoms with van der Waals surface area (Å²) in [6, 6.07) is 20.6. The van der Waals surface area contributed by atoms with E-state index in [2.05, 4.69) is 38.1 Å². The Labute approximate surface area is 169 Å². The lowest BCUT2D eigenvalue weighted by Gasteiger charge is -2.32. The standard InChI is InChI=1S/C24H34O4/c1-19(16-21-10-6-4-7-11-21)23(25)24(28-18-27-15-14-26-3)20(2)17-22-12-8-5-9-13-22/h4-13,19-20,23-25H,14-18H2,1-3H3/t19-,20?,23+,24+/m1/s1. The van der Waals surface area contributed by atoms with Crippen molar-refractivity contribution in [2.75, 3.05) is 27.1 Å². The van der Waals surface area contributed by atoms with Gasteiger partial charge in [-0.25, -0.2) is 0 Å². The van der Waals surface area contributed by atoms with Crippen LogP contribution in [0, 0.1) is 11.8 Å². The molecule has 0 saturated heterocycles. The number of aliphatic hydroxyl groups excluding tert-OH is 1. The normalized spacial score (nSPS) is 15.7. The summed E-state index contributed by atoms with van der Waals surface area (Å²) in [4.78, 5) is 0. The van der Waals surface area contributed by atoms with Crippen molar-refractivity contribution < 1.29 is 19.3 Å². The van der Waals surface area contributed by atoms with Crippen LogP contribution in [0.25, 0.3) is 0 Å². The lowest BCUT2D eigenvalue weighted by atomic mass is 9.85. The summed E-state index contributed by atoms with van der Waals surface area (Å²) >= 11 is 0. The molecule has 0 aliphatic carbocycles. The van der Waals surface area contributed by atoms with Crippen LogP contribution in [0.2, 0.25) is 0 Å². The number of ether oxygens (including phenoxy) is 3. The summed E-state index contributed by atoms with van der Waals surface area (Å²) in [7, 11) is 1.64. The van der Waals surface area contributed by atoms with Gasteiger partial charge in [-0.15, -0.1) is 0 Å². The second-order valence-corrected chi connectivity index (χ2v) is 7.47. The molecule has 154 valence electrons. The highest BCUT2D eigenvalue weighted by Gasteiger charge is 2.30. The Bertz CT molecular complexity index is 632. The number of methoxy groups -OCH3 is 1. The van der Waals surface area contributed by atoms with E-state index in [1.165, 1.54) is 11.1 Å². The van der Waals surface area contributed by atoms with Gasteiger partial charge in [0.2, 0.25) is 0 Å². The highest BCUT2D eigenvalue weighted by Crippen LogP contribution is 2.24. The van der Waals surface area contributed by atoms with E-state index in [0.717, 1.165) is 12.8 Å². The fourth-order valence-electron chi connectivity index (χ4n) is 3.46. The molecule has 0 heterocycles. The van der Waals surface area contributed by atoms with Crippen molar-refractivity contribution in [1.82, 2.24) is 0 Å². The van der Waals surface area contributed by atoms with Gasteiger partial charge >= 0.3 is 0 Å². The molecule has 0 aliphatic heterocycles. The molecule has 0 amide bonds. The first kappa shape index (κ1) is 22.6. The van der Waals surface area contributed by atoms with Gasteiger partial charge in [0.25, 0.3) is 0 Å². The Morgan fingerprint density at radius 2 is 1.32 bits per heavy atom. The minimum absolute atomic E-state index is 0.0737. The van der Waals surface area contributed by atoms with Crippen LogP contribution in [-0.2, 0) is 27.1 Å². The third-order valence-corrected chi connectivity index (χ3v) is 5.06. The lowest BCUT2D eigenvalue weighted by Crippen LogP contribution is -2.41. The zero-order valence-corrected chi connectivity index (χ0v) is 17.3. The van der Waals surface area contributed by atoms with Crippen molar-refractivity contribution in [3.63, 3.8) is 0 Å². The van der Waals surface area contributed by atoms with E-state index in [1.807, 2.05) is 36.4 Å². The molecule has 1 N–H and O–H groups in total. The van der Waals surface area contributed by atoms with E-state index in [4.69, 9.17) is 14.2 Å². The van der Waals surface area contributed by atoms with E-state index in [-0.39, 0.29) is 24.7 Å². The highest BCUT2D eigenvalue weighted by atomic mass is 16.7. The smallest absolute Gasteiger partial charge is 0.147 e. The first-order valence-corrected chi connectivity index (χ1v) is 10.1. The average molecular weight is 387 g/mol. The average Bonchev–Trinajstić information content (AvgIpc) is 2.71. The maximum absolute atomic E-state index is 11.1. The summed E-state index contributed by atoms with van der Waals surface area (Å²) in [6.45, 7) is 5.37. The molecule has 0 aromatic heterocycles. The topological polar surface area (TPSA) is 47.9 Å². The summed E-state index contributed by atoms with van der Waals surface area (Å²) in [5.41, 5.74) is 2.46. The summed E-state index contributed by atoms with van der Waals surface area (Å²) in [5.74, 6) is 0.228. The third kappa shape index (κ3) is 7.72. The first-order valence-electron chi connectivity index (χ1n) is 10.1. The molecule has 0 saturated carbocycles. The number of aliphatic hydroxyl groups is 1. The maximum atomic E-state index is 11.1. The Morgan fingerprint density at radius 1 is 0.786 bits per heavy atom. The van der Waals surface area contributed by atoms with E-state index < -0.39 is 6.10 Å². The van der Waals surface area contributed by atoms with Gasteiger partial charge in [0.05, 0.1) is 25.4 Å². The van der Waals surface area contributed by atoms with Gasteiger partial charge in [0.1, 0.15) is 6.79 Å². The Hall–Kier alpha value is -1.72. The van der Waals surface area contributed by atoms with Gasteiger partial charge in [-0.3, -0.25) is 0 Å². The van der Waals surface area contributed by atoms with Crippen LogP contribution in [0.15, 0.2) is 60.7 Å². The van der Waals surface area contributed by atoms with Gasteiger partial charge < -0.3 is 19.3 Å². The molecule has 2 rings (SSSR count). The van der Waals surface area contributed by atoms with Gasteiger partial charge in [-0.1, -0.05) is 74.5 Å². The summed E-state index contributed by atoms with van der Waals surface area (Å²) in [6.07, 6.45) is 0.773. The van der Waals surface area contributed by atoms with Crippen LogP contribution in [0.5, 0.6) is 0 Å². The highest BCUT2D eigenvalue weighted by molar-refractivity contribution is 5.16. The zero-order chi connectivity index (χ0) is 20.2. The Balaban J connectivity index is 2.00. The molecular formula is C24H34O4. The van der Waals surface area contributed by atoms with Crippen LogP contribution >= 0.6 is 0 Å². The lowest BCUT2D eigenvalue weighted by molar-refractivity contribution is -0.153. The van der Waals surface area contributed by atoms with Crippen molar-refractivity contribution in [1.29, 1.82) is 0 Å². The first-order chi connectivity index (χ1) is 13.6.